The fourth-order valence-electron chi connectivity index (χ4n) is 5.79. The zero-order chi connectivity index (χ0) is 26.1. The summed E-state index contributed by atoms with van der Waals surface area (Å²) in [7, 11) is 0. The molecule has 3 aliphatic rings. The molecule has 38 heavy (non-hydrogen) atoms. The molecule has 0 bridgehead atoms. The lowest BCUT2D eigenvalue weighted by atomic mass is 9.87. The van der Waals surface area contributed by atoms with Gasteiger partial charge in [0.2, 0.25) is 0 Å². The number of anilines is 1. The molecule has 0 saturated carbocycles. The van der Waals surface area contributed by atoms with Crippen LogP contribution in [0.2, 0.25) is 0 Å². The summed E-state index contributed by atoms with van der Waals surface area (Å²) in [6.45, 7) is 3.55. The second-order valence-corrected chi connectivity index (χ2v) is 10.2. The predicted molar refractivity (Wildman–Crippen MR) is 145 cm³/mol. The third-order valence-electron chi connectivity index (χ3n) is 7.68. The number of alkyl halides is 1. The molecule has 3 aromatic carbocycles. The molecule has 3 aliphatic heterocycles. The van der Waals surface area contributed by atoms with E-state index in [0.29, 0.717) is 30.8 Å². The molecule has 0 aromatic heterocycles. The molecule has 1 fully saturated rings. The zero-order valence-electron chi connectivity index (χ0n) is 21.3. The number of phenolic OH excluding ortho intramolecular Hbond substituents is 1. The van der Waals surface area contributed by atoms with Crippen molar-refractivity contribution in [1.29, 1.82) is 0 Å². The average molecular weight is 519 g/mol. The number of hydrogen-bond donors (Lipinski definition) is 2. The molecule has 1 saturated heterocycles. The van der Waals surface area contributed by atoms with E-state index >= 15 is 0 Å². The first-order valence-corrected chi connectivity index (χ1v) is 13.4. The first kappa shape index (κ1) is 24.7. The molecule has 1 atom stereocenters. The van der Waals surface area contributed by atoms with Crippen LogP contribution in [0, 0.1) is 5.82 Å². The Morgan fingerprint density at radius 1 is 1.05 bits per heavy atom. The van der Waals surface area contributed by atoms with Crippen LogP contribution in [-0.2, 0) is 6.42 Å². The SMILES string of the molecule is Oc1cc2c(cc1F)C(c1ccc(O[C@H]3CCN(CCCF)C3)cc1)=C(c1ccc3c(c1)CCN3)CCO2. The molecule has 198 valence electrons. The van der Waals surface area contributed by atoms with Crippen molar-refractivity contribution in [2.75, 3.05) is 44.8 Å². The number of fused-ring (bicyclic) bond motifs is 2. The predicted octanol–water partition coefficient (Wildman–Crippen LogP) is 6.05. The largest absolute Gasteiger partial charge is 0.505 e. The van der Waals surface area contributed by atoms with Crippen LogP contribution in [0.1, 0.15) is 41.5 Å². The van der Waals surface area contributed by atoms with Crippen molar-refractivity contribution in [1.82, 2.24) is 4.90 Å². The Morgan fingerprint density at radius 2 is 1.89 bits per heavy atom. The van der Waals surface area contributed by atoms with E-state index in [9.17, 15) is 13.9 Å². The maximum absolute atomic E-state index is 14.7. The van der Waals surface area contributed by atoms with Gasteiger partial charge in [0.25, 0.3) is 0 Å². The fraction of sp³-hybridized carbons (Fsp3) is 0.355. The number of nitrogens with zero attached hydrogens (tertiary/aromatic N) is 1. The summed E-state index contributed by atoms with van der Waals surface area (Å²) in [6, 6.07) is 17.1. The molecule has 3 aromatic rings. The van der Waals surface area contributed by atoms with Crippen LogP contribution in [0.15, 0.2) is 54.6 Å². The number of benzene rings is 3. The Kier molecular flexibility index (Phi) is 6.94. The number of hydrogen-bond acceptors (Lipinski definition) is 5. The van der Waals surface area contributed by atoms with Crippen LogP contribution >= 0.6 is 0 Å². The topological polar surface area (TPSA) is 54.0 Å². The lowest BCUT2D eigenvalue weighted by Gasteiger charge is -2.18. The minimum atomic E-state index is -0.678. The van der Waals surface area contributed by atoms with E-state index in [1.54, 1.807) is 0 Å². The Labute approximate surface area is 221 Å². The van der Waals surface area contributed by atoms with Gasteiger partial charge in [0, 0.05) is 49.9 Å². The van der Waals surface area contributed by atoms with Gasteiger partial charge in [0.05, 0.1) is 13.3 Å². The van der Waals surface area contributed by atoms with Crippen LogP contribution in [0.4, 0.5) is 14.5 Å². The van der Waals surface area contributed by atoms with Crippen molar-refractivity contribution < 1.29 is 23.4 Å². The molecule has 0 radical (unpaired) electrons. The van der Waals surface area contributed by atoms with E-state index in [1.165, 1.54) is 17.7 Å². The van der Waals surface area contributed by atoms with Crippen LogP contribution in [0.25, 0.3) is 11.1 Å². The van der Waals surface area contributed by atoms with Crippen LogP contribution < -0.4 is 14.8 Å². The molecule has 0 spiro atoms. The molecule has 3 heterocycles. The molecule has 0 amide bonds. The first-order valence-electron chi connectivity index (χ1n) is 13.4. The molecule has 7 heteroatoms. The summed E-state index contributed by atoms with van der Waals surface area (Å²) in [4.78, 5) is 2.24. The average Bonchev–Trinajstić information content (AvgIpc) is 3.54. The normalized spacial score (nSPS) is 18.9. The van der Waals surface area contributed by atoms with Gasteiger partial charge in [-0.1, -0.05) is 18.2 Å². The summed E-state index contributed by atoms with van der Waals surface area (Å²) in [5.41, 5.74) is 7.06. The smallest absolute Gasteiger partial charge is 0.165 e. The van der Waals surface area contributed by atoms with Crippen LogP contribution in [-0.4, -0.2) is 55.6 Å². The Morgan fingerprint density at radius 3 is 2.74 bits per heavy atom. The van der Waals surface area contributed by atoms with Crippen LogP contribution in [0.3, 0.4) is 0 Å². The van der Waals surface area contributed by atoms with Gasteiger partial charge in [-0.15, -0.1) is 0 Å². The Balaban J connectivity index is 1.36. The number of rotatable bonds is 7. The van der Waals surface area contributed by atoms with Crippen LogP contribution in [0.5, 0.6) is 17.2 Å². The third-order valence-corrected chi connectivity index (χ3v) is 7.68. The van der Waals surface area contributed by atoms with Gasteiger partial charge >= 0.3 is 0 Å². The first-order chi connectivity index (χ1) is 18.6. The summed E-state index contributed by atoms with van der Waals surface area (Å²) in [5, 5.41) is 13.4. The lowest BCUT2D eigenvalue weighted by Crippen LogP contribution is -2.26. The highest BCUT2D eigenvalue weighted by Gasteiger charge is 2.26. The van der Waals surface area contributed by atoms with E-state index in [0.717, 1.165) is 72.7 Å². The van der Waals surface area contributed by atoms with Crippen molar-refractivity contribution >= 4 is 16.8 Å². The maximum atomic E-state index is 14.7. The van der Waals surface area contributed by atoms with E-state index in [-0.39, 0.29) is 12.8 Å². The van der Waals surface area contributed by atoms with E-state index in [4.69, 9.17) is 9.47 Å². The molecular formula is C31H32F2N2O3. The van der Waals surface area contributed by atoms with Gasteiger partial charge in [0.1, 0.15) is 17.6 Å². The van der Waals surface area contributed by atoms with Gasteiger partial charge in [-0.3, -0.25) is 9.29 Å². The number of ether oxygens (including phenoxy) is 2. The highest BCUT2D eigenvalue weighted by atomic mass is 19.1. The Bertz CT molecular complexity index is 1360. The minimum absolute atomic E-state index is 0.0827. The van der Waals surface area contributed by atoms with Crippen molar-refractivity contribution in [3.8, 4) is 17.2 Å². The standard InChI is InChI=1S/C31H32F2N2O3/c32-11-1-13-35-14-9-24(19-35)38-23-5-2-20(3-6-23)31-25(21-4-7-28-22(16-21)8-12-34-28)10-15-37-30-18-29(36)27(33)17-26(30)31/h2-7,16-18,24,34,36H,1,8-15,19H2/t24-/m0/s1. The summed E-state index contributed by atoms with van der Waals surface area (Å²) in [5.74, 6) is 0.147. The molecular weight excluding hydrogens is 486 g/mol. The number of likely N-dealkylation sites (tertiary alicyclic amines) is 1. The van der Waals surface area contributed by atoms with E-state index in [2.05, 4.69) is 28.4 Å². The molecule has 0 aliphatic carbocycles. The highest BCUT2D eigenvalue weighted by Crippen LogP contribution is 2.44. The quantitative estimate of drug-likeness (QED) is 0.399. The molecule has 0 unspecified atom stereocenters. The zero-order valence-corrected chi connectivity index (χ0v) is 21.3. The van der Waals surface area contributed by atoms with Gasteiger partial charge in [0.15, 0.2) is 11.6 Å². The molecule has 5 nitrogen and oxygen atoms in total. The second kappa shape index (κ2) is 10.7. The fourth-order valence-corrected chi connectivity index (χ4v) is 5.79. The van der Waals surface area contributed by atoms with E-state index < -0.39 is 11.6 Å². The van der Waals surface area contributed by atoms with Crippen molar-refractivity contribution in [3.05, 3.63) is 82.7 Å². The Hall–Kier alpha value is -3.58. The van der Waals surface area contributed by atoms with E-state index in [1.807, 2.05) is 24.3 Å². The number of halogens is 2. The monoisotopic (exact) mass is 518 g/mol. The maximum Gasteiger partial charge on any atom is 0.165 e. The summed E-state index contributed by atoms with van der Waals surface area (Å²) >= 11 is 0. The third kappa shape index (κ3) is 4.95. The van der Waals surface area contributed by atoms with Gasteiger partial charge in [-0.2, -0.15) is 0 Å². The number of aromatic hydroxyl groups is 1. The van der Waals surface area contributed by atoms with Crippen molar-refractivity contribution in [3.63, 3.8) is 0 Å². The summed E-state index contributed by atoms with van der Waals surface area (Å²) in [6.07, 6.45) is 3.18. The summed E-state index contributed by atoms with van der Waals surface area (Å²) < 4.78 is 39.4. The van der Waals surface area contributed by atoms with Gasteiger partial charge in [-0.25, -0.2) is 4.39 Å². The highest BCUT2D eigenvalue weighted by molar-refractivity contribution is 6.01. The lowest BCUT2D eigenvalue weighted by molar-refractivity contribution is 0.198. The van der Waals surface area contributed by atoms with Gasteiger partial charge in [-0.05, 0) is 77.4 Å². The molecule has 2 N–H and O–H groups in total. The number of nitrogens with one attached hydrogen (secondary N) is 1. The van der Waals surface area contributed by atoms with Crippen molar-refractivity contribution in [2.45, 2.75) is 31.8 Å². The van der Waals surface area contributed by atoms with Crippen molar-refractivity contribution in [2.24, 2.45) is 0 Å². The second-order valence-electron chi connectivity index (χ2n) is 10.2. The number of phenols is 1. The molecule has 6 rings (SSSR count). The minimum Gasteiger partial charge on any atom is -0.505 e. The van der Waals surface area contributed by atoms with Gasteiger partial charge < -0.3 is 19.9 Å².